The molecule has 3 rings (SSSR count). The number of rotatable bonds is 5. The van der Waals surface area contributed by atoms with Crippen LogP contribution in [0.3, 0.4) is 0 Å². The molecule has 0 saturated carbocycles. The van der Waals surface area contributed by atoms with Gasteiger partial charge in [-0.05, 0) is 38.0 Å². The number of amides is 3. The molecule has 0 unspecified atom stereocenters. The maximum Gasteiger partial charge on any atom is 0.325 e. The van der Waals surface area contributed by atoms with Crippen molar-refractivity contribution in [2.24, 2.45) is 5.92 Å². The molecule has 1 aromatic rings. The van der Waals surface area contributed by atoms with Gasteiger partial charge in [-0.3, -0.25) is 14.5 Å². The number of ether oxygens (including phenoxy) is 1. The molecule has 7 nitrogen and oxygen atoms in total. The lowest BCUT2D eigenvalue weighted by Crippen LogP contribution is -2.47. The topological polar surface area (TPSA) is 70.2 Å². The third kappa shape index (κ3) is 4.53. The van der Waals surface area contributed by atoms with Crippen molar-refractivity contribution in [1.29, 1.82) is 0 Å². The highest BCUT2D eigenvalue weighted by molar-refractivity contribution is 6.30. The molecule has 1 atom stereocenters. The molecule has 0 aliphatic carbocycles. The molecule has 0 spiro atoms. The second-order valence-corrected chi connectivity index (χ2v) is 7.20. The summed E-state index contributed by atoms with van der Waals surface area (Å²) in [5.41, 5.74) is 0.725. The SMILES string of the molecule is CCOC(=O)[C@H]1CCCN(C(=O)CN2CCN(c3cccc(Cl)c3)C2=O)C1. The fraction of sp³-hybridized carbons (Fsp3) is 0.526. The lowest BCUT2D eigenvalue weighted by molar-refractivity contribution is -0.151. The molecule has 8 heteroatoms. The molecule has 0 N–H and O–H groups in total. The van der Waals surface area contributed by atoms with Gasteiger partial charge in [0.15, 0.2) is 0 Å². The van der Waals surface area contributed by atoms with Gasteiger partial charge in [-0.15, -0.1) is 0 Å². The average molecular weight is 394 g/mol. The highest BCUT2D eigenvalue weighted by Crippen LogP contribution is 2.24. The summed E-state index contributed by atoms with van der Waals surface area (Å²) in [6.07, 6.45) is 1.49. The minimum atomic E-state index is -0.278. The molecular formula is C19H24ClN3O4. The normalized spacial score (nSPS) is 20.1. The zero-order valence-electron chi connectivity index (χ0n) is 15.4. The fourth-order valence-corrected chi connectivity index (χ4v) is 3.72. The van der Waals surface area contributed by atoms with E-state index < -0.39 is 0 Å². The van der Waals surface area contributed by atoms with Crippen LogP contribution in [0.5, 0.6) is 0 Å². The Morgan fingerprint density at radius 1 is 1.26 bits per heavy atom. The number of nitrogens with zero attached hydrogens (tertiary/aromatic N) is 3. The van der Waals surface area contributed by atoms with Crippen LogP contribution in [-0.4, -0.2) is 67.0 Å². The highest BCUT2D eigenvalue weighted by Gasteiger charge is 2.34. The number of carbonyl (C=O) groups excluding carboxylic acids is 3. The molecule has 2 saturated heterocycles. The molecule has 3 amide bonds. The van der Waals surface area contributed by atoms with Crippen molar-refractivity contribution in [2.75, 3.05) is 44.2 Å². The van der Waals surface area contributed by atoms with Crippen LogP contribution in [0.1, 0.15) is 19.8 Å². The maximum absolute atomic E-state index is 12.7. The molecule has 2 aliphatic heterocycles. The van der Waals surface area contributed by atoms with Gasteiger partial charge in [0.2, 0.25) is 5.91 Å². The van der Waals surface area contributed by atoms with Gasteiger partial charge in [0.05, 0.1) is 12.5 Å². The van der Waals surface area contributed by atoms with Crippen LogP contribution in [0.25, 0.3) is 0 Å². The Hall–Kier alpha value is -2.28. The van der Waals surface area contributed by atoms with E-state index in [9.17, 15) is 14.4 Å². The summed E-state index contributed by atoms with van der Waals surface area (Å²) >= 11 is 6.00. The molecule has 1 aromatic carbocycles. The Labute approximate surface area is 163 Å². The van der Waals surface area contributed by atoms with Gasteiger partial charge >= 0.3 is 12.0 Å². The second-order valence-electron chi connectivity index (χ2n) is 6.77. The minimum absolute atomic E-state index is 0.0193. The molecule has 2 heterocycles. The third-order valence-electron chi connectivity index (χ3n) is 4.93. The summed E-state index contributed by atoms with van der Waals surface area (Å²) in [4.78, 5) is 42.1. The highest BCUT2D eigenvalue weighted by atomic mass is 35.5. The van der Waals surface area contributed by atoms with Gasteiger partial charge in [-0.2, -0.15) is 0 Å². The first-order chi connectivity index (χ1) is 13.0. The number of esters is 1. The quantitative estimate of drug-likeness (QED) is 0.720. The van der Waals surface area contributed by atoms with Gasteiger partial charge < -0.3 is 14.5 Å². The summed E-state index contributed by atoms with van der Waals surface area (Å²) in [6, 6.07) is 6.90. The Morgan fingerprint density at radius 3 is 2.81 bits per heavy atom. The monoisotopic (exact) mass is 393 g/mol. The van der Waals surface area contributed by atoms with E-state index in [1.165, 1.54) is 4.90 Å². The lowest BCUT2D eigenvalue weighted by Gasteiger charge is -2.32. The van der Waals surface area contributed by atoms with Crippen LogP contribution in [0.4, 0.5) is 10.5 Å². The van der Waals surface area contributed by atoms with Gasteiger partial charge in [-0.1, -0.05) is 17.7 Å². The van der Waals surface area contributed by atoms with Crippen molar-refractivity contribution >= 4 is 35.2 Å². The zero-order chi connectivity index (χ0) is 19.4. The number of urea groups is 1. The standard InChI is InChI=1S/C19H24ClN3O4/c1-2-27-18(25)14-5-4-8-21(12-14)17(24)13-22-9-10-23(19(22)26)16-7-3-6-15(20)11-16/h3,6-7,11,14H,2,4-5,8-10,12-13H2,1H3/t14-/m0/s1. The second kappa shape index (κ2) is 8.61. The Bertz CT molecular complexity index is 727. The van der Waals surface area contributed by atoms with E-state index in [-0.39, 0.29) is 30.4 Å². The van der Waals surface area contributed by atoms with E-state index in [0.29, 0.717) is 37.8 Å². The number of piperidine rings is 1. The summed E-state index contributed by atoms with van der Waals surface area (Å²) in [5.74, 6) is -0.662. The Balaban J connectivity index is 1.58. The third-order valence-corrected chi connectivity index (χ3v) is 5.17. The Morgan fingerprint density at radius 2 is 2.07 bits per heavy atom. The van der Waals surface area contributed by atoms with Crippen LogP contribution in [0.15, 0.2) is 24.3 Å². The van der Waals surface area contributed by atoms with Crippen molar-refractivity contribution in [3.8, 4) is 0 Å². The van der Waals surface area contributed by atoms with Crippen molar-refractivity contribution < 1.29 is 19.1 Å². The van der Waals surface area contributed by atoms with E-state index in [1.807, 2.05) is 6.07 Å². The van der Waals surface area contributed by atoms with Crippen LogP contribution in [0, 0.1) is 5.92 Å². The van der Waals surface area contributed by atoms with Crippen LogP contribution < -0.4 is 4.90 Å². The lowest BCUT2D eigenvalue weighted by atomic mass is 9.98. The first-order valence-corrected chi connectivity index (χ1v) is 9.63. The van der Waals surface area contributed by atoms with Crippen molar-refractivity contribution in [1.82, 2.24) is 9.80 Å². The molecule has 2 aliphatic rings. The number of anilines is 1. The molecule has 2 fully saturated rings. The zero-order valence-corrected chi connectivity index (χ0v) is 16.2. The van der Waals surface area contributed by atoms with E-state index in [0.717, 1.165) is 18.5 Å². The van der Waals surface area contributed by atoms with Crippen LogP contribution in [-0.2, 0) is 14.3 Å². The minimum Gasteiger partial charge on any atom is -0.466 e. The number of halogens is 1. The van der Waals surface area contributed by atoms with Crippen molar-refractivity contribution in [2.45, 2.75) is 19.8 Å². The van der Waals surface area contributed by atoms with Gasteiger partial charge in [0.25, 0.3) is 0 Å². The van der Waals surface area contributed by atoms with E-state index in [4.69, 9.17) is 16.3 Å². The van der Waals surface area contributed by atoms with Crippen molar-refractivity contribution in [3.63, 3.8) is 0 Å². The summed E-state index contributed by atoms with van der Waals surface area (Å²) in [5, 5.41) is 0.563. The molecule has 0 radical (unpaired) electrons. The maximum atomic E-state index is 12.7. The van der Waals surface area contributed by atoms with Crippen molar-refractivity contribution in [3.05, 3.63) is 29.3 Å². The first-order valence-electron chi connectivity index (χ1n) is 9.26. The first kappa shape index (κ1) is 19.5. The summed E-state index contributed by atoms with van der Waals surface area (Å²) in [6.45, 7) is 4.08. The summed E-state index contributed by atoms with van der Waals surface area (Å²) in [7, 11) is 0. The van der Waals surface area contributed by atoms with Crippen LogP contribution >= 0.6 is 11.6 Å². The number of hydrogen-bond donors (Lipinski definition) is 0. The number of hydrogen-bond acceptors (Lipinski definition) is 4. The number of benzene rings is 1. The van der Waals surface area contributed by atoms with E-state index >= 15 is 0 Å². The molecule has 0 bridgehead atoms. The fourth-order valence-electron chi connectivity index (χ4n) is 3.53. The van der Waals surface area contributed by atoms with Crippen LogP contribution in [0.2, 0.25) is 5.02 Å². The van der Waals surface area contributed by atoms with Gasteiger partial charge in [-0.25, -0.2) is 4.79 Å². The Kier molecular flexibility index (Phi) is 6.21. The van der Waals surface area contributed by atoms with Gasteiger partial charge in [0.1, 0.15) is 6.54 Å². The molecule has 0 aromatic heterocycles. The molecular weight excluding hydrogens is 370 g/mol. The molecule has 146 valence electrons. The predicted octanol–water partition coefficient (Wildman–Crippen LogP) is 2.38. The van der Waals surface area contributed by atoms with E-state index in [2.05, 4.69) is 0 Å². The summed E-state index contributed by atoms with van der Waals surface area (Å²) < 4.78 is 5.07. The number of carbonyl (C=O) groups is 3. The predicted molar refractivity (Wildman–Crippen MR) is 102 cm³/mol. The van der Waals surface area contributed by atoms with E-state index in [1.54, 1.807) is 34.9 Å². The number of likely N-dealkylation sites (tertiary alicyclic amines) is 1. The average Bonchev–Trinajstić information content (AvgIpc) is 3.02. The molecule has 27 heavy (non-hydrogen) atoms. The van der Waals surface area contributed by atoms with Gasteiger partial charge in [0, 0.05) is 36.9 Å². The largest absolute Gasteiger partial charge is 0.466 e. The smallest absolute Gasteiger partial charge is 0.325 e.